The molecule has 1 fully saturated rings. The van der Waals surface area contributed by atoms with Crippen molar-refractivity contribution in [1.29, 1.82) is 0 Å². The van der Waals surface area contributed by atoms with Gasteiger partial charge in [0.15, 0.2) is 5.81 Å². The number of carbonyl (C=O) groups excluding carboxylic acids is 1. The van der Waals surface area contributed by atoms with Gasteiger partial charge in [-0.05, 0) is 0 Å². The lowest BCUT2D eigenvalue weighted by Crippen LogP contribution is -2.18. The largest absolute Gasteiger partial charge is 0.355 e. The van der Waals surface area contributed by atoms with Crippen LogP contribution in [0.4, 0.5) is 4.79 Å². The van der Waals surface area contributed by atoms with E-state index in [1.54, 1.807) is 4.90 Å². The predicted octanol–water partition coefficient (Wildman–Crippen LogP) is -0.0934. The van der Waals surface area contributed by atoms with E-state index in [0.717, 1.165) is 20.1 Å². The Balaban J connectivity index is 2.48. The van der Waals surface area contributed by atoms with Gasteiger partial charge >= 0.3 is 0 Å². The van der Waals surface area contributed by atoms with E-state index >= 15 is 0 Å². The highest BCUT2D eigenvalue weighted by molar-refractivity contribution is 6.74. The summed E-state index contributed by atoms with van der Waals surface area (Å²) in [6.07, 6.45) is 1.05. The minimum atomic E-state index is 0.292. The summed E-state index contributed by atoms with van der Waals surface area (Å²) < 4.78 is 0. The fraction of sp³-hybridized carbons (Fsp3) is 0.750. The zero-order chi connectivity index (χ0) is 5.28. The molecule has 1 aliphatic heterocycles. The molecule has 1 aliphatic rings. The highest BCUT2D eigenvalue weighted by Crippen LogP contribution is 1.98. The van der Waals surface area contributed by atoms with Crippen molar-refractivity contribution in [1.82, 2.24) is 4.90 Å². The average molecular weight is 96.9 g/mol. The molecule has 0 aromatic carbocycles. The van der Waals surface area contributed by atoms with Gasteiger partial charge in [0.2, 0.25) is 7.28 Å². The minimum absolute atomic E-state index is 0.292. The normalized spacial score (nSPS) is 20.1. The predicted molar refractivity (Wildman–Crippen MR) is 30.0 cm³/mol. The van der Waals surface area contributed by atoms with E-state index in [-0.39, 0.29) is 0 Å². The van der Waals surface area contributed by atoms with Crippen LogP contribution in [0.5, 0.6) is 0 Å². The average Bonchev–Trinajstić information content (AvgIpc) is 1.91. The smallest absolute Gasteiger partial charge is 0.235 e. The van der Waals surface area contributed by atoms with Gasteiger partial charge in [0.1, 0.15) is 0 Å². The summed E-state index contributed by atoms with van der Waals surface area (Å²) in [6, 6.07) is 0. The van der Waals surface area contributed by atoms with Crippen LogP contribution in [0, 0.1) is 0 Å². The van der Waals surface area contributed by atoms with Crippen molar-refractivity contribution < 1.29 is 4.79 Å². The molecule has 0 bridgehead atoms. The first-order chi connectivity index (χ1) is 3.30. The molecule has 1 rings (SSSR count). The van der Waals surface area contributed by atoms with E-state index in [0.29, 0.717) is 5.81 Å². The molecule has 0 aromatic heterocycles. The molecule has 0 radical (unpaired) electrons. The SMILES string of the molecule is CN1CCBC1=O. The van der Waals surface area contributed by atoms with Crippen LogP contribution in [0.25, 0.3) is 0 Å². The number of hydrogen-bond acceptors (Lipinski definition) is 1. The van der Waals surface area contributed by atoms with Gasteiger partial charge in [-0.2, -0.15) is 0 Å². The number of rotatable bonds is 0. The van der Waals surface area contributed by atoms with Crippen molar-refractivity contribution in [2.75, 3.05) is 13.6 Å². The van der Waals surface area contributed by atoms with Crippen molar-refractivity contribution >= 4 is 13.1 Å². The maximum absolute atomic E-state index is 10.5. The zero-order valence-corrected chi connectivity index (χ0v) is 4.48. The molecule has 1 heterocycles. The van der Waals surface area contributed by atoms with Crippen LogP contribution < -0.4 is 0 Å². The molecule has 7 heavy (non-hydrogen) atoms. The highest BCUT2D eigenvalue weighted by atomic mass is 16.2. The topological polar surface area (TPSA) is 20.3 Å². The van der Waals surface area contributed by atoms with Gasteiger partial charge in [-0.1, -0.05) is 6.32 Å². The van der Waals surface area contributed by atoms with Gasteiger partial charge in [0, 0.05) is 13.6 Å². The fourth-order valence-electron chi connectivity index (χ4n) is 0.783. The lowest BCUT2D eigenvalue weighted by atomic mass is 9.77. The Hall–Kier alpha value is -0.465. The van der Waals surface area contributed by atoms with E-state index < -0.39 is 0 Å². The maximum Gasteiger partial charge on any atom is 0.235 e. The van der Waals surface area contributed by atoms with Crippen LogP contribution >= 0.6 is 0 Å². The molecule has 0 spiro atoms. The third kappa shape index (κ3) is 0.761. The van der Waals surface area contributed by atoms with Crippen molar-refractivity contribution in [2.24, 2.45) is 0 Å². The van der Waals surface area contributed by atoms with Crippen molar-refractivity contribution in [3.05, 3.63) is 0 Å². The quantitative estimate of drug-likeness (QED) is 0.386. The number of hydrogen-bond donors (Lipinski definition) is 0. The molecule has 0 saturated carbocycles. The molecule has 0 aromatic rings. The molecular formula is C4H8BNO. The molecule has 3 heteroatoms. The summed E-state index contributed by atoms with van der Waals surface area (Å²) in [7, 11) is 2.60. The second kappa shape index (κ2) is 1.56. The number of carbonyl (C=O) groups is 1. The minimum Gasteiger partial charge on any atom is -0.355 e. The van der Waals surface area contributed by atoms with Gasteiger partial charge in [-0.15, -0.1) is 0 Å². The molecule has 2 nitrogen and oxygen atoms in total. The lowest BCUT2D eigenvalue weighted by Gasteiger charge is -2.04. The van der Waals surface area contributed by atoms with Crippen LogP contribution in [0.15, 0.2) is 0 Å². The third-order valence-corrected chi connectivity index (χ3v) is 1.31. The third-order valence-electron chi connectivity index (χ3n) is 1.31. The van der Waals surface area contributed by atoms with Crippen LogP contribution in [0.3, 0.4) is 0 Å². The maximum atomic E-state index is 10.5. The first-order valence-corrected chi connectivity index (χ1v) is 2.54. The van der Waals surface area contributed by atoms with E-state index in [4.69, 9.17) is 0 Å². The molecule has 1 saturated heterocycles. The molecule has 38 valence electrons. The zero-order valence-electron chi connectivity index (χ0n) is 4.48. The Labute approximate surface area is 43.7 Å². The van der Waals surface area contributed by atoms with Crippen LogP contribution in [0.2, 0.25) is 6.32 Å². The Morgan fingerprint density at radius 2 is 2.57 bits per heavy atom. The van der Waals surface area contributed by atoms with Crippen LogP contribution in [0.1, 0.15) is 0 Å². The molecule has 0 atom stereocenters. The summed E-state index contributed by atoms with van der Waals surface area (Å²) in [6.45, 7) is 0.957. The second-order valence-electron chi connectivity index (χ2n) is 1.92. The Morgan fingerprint density at radius 1 is 1.86 bits per heavy atom. The number of amides is 1. The standard InChI is InChI=1S/C4H8BNO/c1-6-3-2-5-4(6)7/h5H,2-3H2,1H3. The summed E-state index contributed by atoms with van der Waals surface area (Å²) in [5.74, 6) is 0.292. The monoisotopic (exact) mass is 97.1 g/mol. The van der Waals surface area contributed by atoms with E-state index in [9.17, 15) is 4.79 Å². The Kier molecular flexibility index (Phi) is 1.05. The molecule has 0 aliphatic carbocycles. The molecule has 0 N–H and O–H groups in total. The van der Waals surface area contributed by atoms with Crippen molar-refractivity contribution in [2.45, 2.75) is 6.32 Å². The molecular weight excluding hydrogens is 88.9 g/mol. The van der Waals surface area contributed by atoms with Gasteiger partial charge < -0.3 is 4.90 Å². The fourth-order valence-corrected chi connectivity index (χ4v) is 0.783. The highest BCUT2D eigenvalue weighted by Gasteiger charge is 2.16. The molecule has 1 amide bonds. The summed E-state index contributed by atoms with van der Waals surface area (Å²) in [5.41, 5.74) is 0. The van der Waals surface area contributed by atoms with Crippen LogP contribution in [-0.4, -0.2) is 31.6 Å². The summed E-state index contributed by atoms with van der Waals surface area (Å²) >= 11 is 0. The van der Waals surface area contributed by atoms with Crippen molar-refractivity contribution in [3.63, 3.8) is 0 Å². The summed E-state index contributed by atoms with van der Waals surface area (Å²) in [4.78, 5) is 12.3. The summed E-state index contributed by atoms with van der Waals surface area (Å²) in [5, 5.41) is 0. The lowest BCUT2D eigenvalue weighted by molar-refractivity contribution is 0.237. The van der Waals surface area contributed by atoms with Crippen LogP contribution in [-0.2, 0) is 0 Å². The van der Waals surface area contributed by atoms with E-state index in [1.807, 2.05) is 7.05 Å². The Bertz CT molecular complexity index is 93.7. The van der Waals surface area contributed by atoms with Gasteiger partial charge in [0.25, 0.3) is 0 Å². The first-order valence-electron chi connectivity index (χ1n) is 2.54. The second-order valence-corrected chi connectivity index (χ2v) is 1.92. The number of nitrogens with zero attached hydrogens (tertiary/aromatic N) is 1. The molecule has 0 unspecified atom stereocenters. The van der Waals surface area contributed by atoms with Crippen molar-refractivity contribution in [3.8, 4) is 0 Å². The van der Waals surface area contributed by atoms with Gasteiger partial charge in [-0.3, -0.25) is 4.79 Å². The van der Waals surface area contributed by atoms with E-state index in [1.165, 1.54) is 0 Å². The first kappa shape index (κ1) is 4.69. The van der Waals surface area contributed by atoms with Gasteiger partial charge in [-0.25, -0.2) is 0 Å². The van der Waals surface area contributed by atoms with E-state index in [2.05, 4.69) is 0 Å². The van der Waals surface area contributed by atoms with Gasteiger partial charge in [0.05, 0.1) is 0 Å². The Morgan fingerprint density at radius 3 is 2.71 bits per heavy atom.